The second-order valence-corrected chi connectivity index (χ2v) is 4.83. The molecule has 112 valence electrons. The molecular weight excluding hydrogens is 273 g/mol. The van der Waals surface area contributed by atoms with Crippen LogP contribution in [-0.2, 0) is 11.2 Å². The van der Waals surface area contributed by atoms with E-state index in [9.17, 15) is 9.18 Å². The third kappa shape index (κ3) is 4.13. The van der Waals surface area contributed by atoms with Crippen molar-refractivity contribution in [2.75, 3.05) is 13.1 Å². The van der Waals surface area contributed by atoms with E-state index in [2.05, 4.69) is 10.3 Å². The maximum absolute atomic E-state index is 12.8. The zero-order chi connectivity index (χ0) is 15.2. The zero-order valence-electron chi connectivity index (χ0n) is 11.8. The van der Waals surface area contributed by atoms with Crippen molar-refractivity contribution >= 4 is 5.91 Å². The number of aromatic nitrogens is 1. The van der Waals surface area contributed by atoms with Gasteiger partial charge in [-0.15, -0.1) is 0 Å². The molecule has 2 aromatic rings. The molecule has 2 rings (SSSR count). The first-order chi connectivity index (χ1) is 10.1. The number of halogens is 1. The molecule has 0 saturated heterocycles. The number of amides is 1. The lowest BCUT2D eigenvalue weighted by Crippen LogP contribution is -2.34. The number of carbonyl (C=O) groups is 1. The van der Waals surface area contributed by atoms with Gasteiger partial charge in [0.1, 0.15) is 12.1 Å². The molecule has 1 aromatic heterocycles. The SMILES string of the molecule is CC(CN)C(=O)NCCc1coc(-c2ccc(F)cc2)n1. The van der Waals surface area contributed by atoms with Crippen molar-refractivity contribution in [3.05, 3.63) is 42.0 Å². The van der Waals surface area contributed by atoms with E-state index in [1.54, 1.807) is 19.1 Å². The van der Waals surface area contributed by atoms with E-state index in [0.29, 0.717) is 31.0 Å². The molecule has 6 heteroatoms. The normalized spacial score (nSPS) is 12.1. The predicted molar refractivity (Wildman–Crippen MR) is 76.8 cm³/mol. The summed E-state index contributed by atoms with van der Waals surface area (Å²) in [6.07, 6.45) is 2.10. The first-order valence-corrected chi connectivity index (χ1v) is 6.78. The number of hydrogen-bond donors (Lipinski definition) is 2. The highest BCUT2D eigenvalue weighted by atomic mass is 19.1. The van der Waals surface area contributed by atoms with Crippen molar-refractivity contribution in [2.45, 2.75) is 13.3 Å². The third-order valence-corrected chi connectivity index (χ3v) is 3.12. The predicted octanol–water partition coefficient (Wildman–Crippen LogP) is 1.73. The molecule has 1 unspecified atom stereocenters. The molecule has 1 aromatic carbocycles. The minimum atomic E-state index is -0.303. The van der Waals surface area contributed by atoms with Crippen molar-refractivity contribution < 1.29 is 13.6 Å². The Morgan fingerprint density at radius 3 is 2.81 bits per heavy atom. The molecule has 0 saturated carbocycles. The molecule has 1 heterocycles. The summed E-state index contributed by atoms with van der Waals surface area (Å²) < 4.78 is 18.2. The Balaban J connectivity index is 1.89. The standard InChI is InChI=1S/C15H18FN3O2/c1-10(8-17)14(20)18-7-6-13-9-21-15(19-13)11-2-4-12(16)5-3-11/h2-5,9-10H,6-8,17H2,1H3,(H,18,20). The summed E-state index contributed by atoms with van der Waals surface area (Å²) in [6.45, 7) is 2.57. The summed E-state index contributed by atoms with van der Waals surface area (Å²) in [5.74, 6) is -0.134. The van der Waals surface area contributed by atoms with Gasteiger partial charge in [0.05, 0.1) is 5.69 Å². The number of hydrogen-bond acceptors (Lipinski definition) is 4. The van der Waals surface area contributed by atoms with Gasteiger partial charge in [-0.1, -0.05) is 6.92 Å². The van der Waals surface area contributed by atoms with Gasteiger partial charge in [0.2, 0.25) is 11.8 Å². The van der Waals surface area contributed by atoms with E-state index in [4.69, 9.17) is 10.2 Å². The van der Waals surface area contributed by atoms with E-state index in [0.717, 1.165) is 5.69 Å². The van der Waals surface area contributed by atoms with Gasteiger partial charge in [-0.2, -0.15) is 0 Å². The molecular formula is C15H18FN3O2. The molecule has 0 radical (unpaired) electrons. The van der Waals surface area contributed by atoms with E-state index in [1.165, 1.54) is 18.4 Å². The van der Waals surface area contributed by atoms with E-state index in [1.807, 2.05) is 0 Å². The van der Waals surface area contributed by atoms with Gasteiger partial charge in [0, 0.05) is 31.0 Å². The van der Waals surface area contributed by atoms with Crippen LogP contribution in [-0.4, -0.2) is 24.0 Å². The third-order valence-electron chi connectivity index (χ3n) is 3.12. The highest BCUT2D eigenvalue weighted by Gasteiger charge is 2.11. The molecule has 0 fully saturated rings. The number of nitrogens with two attached hydrogens (primary N) is 1. The van der Waals surface area contributed by atoms with E-state index in [-0.39, 0.29) is 17.6 Å². The van der Waals surface area contributed by atoms with Crippen LogP contribution < -0.4 is 11.1 Å². The first kappa shape index (κ1) is 15.2. The number of oxazole rings is 1. The van der Waals surface area contributed by atoms with Crippen molar-refractivity contribution in [3.8, 4) is 11.5 Å². The Labute approximate surface area is 122 Å². The summed E-state index contributed by atoms with van der Waals surface area (Å²) in [5.41, 5.74) is 6.86. The van der Waals surface area contributed by atoms with Crippen LogP contribution in [0.5, 0.6) is 0 Å². The highest BCUT2D eigenvalue weighted by Crippen LogP contribution is 2.18. The van der Waals surface area contributed by atoms with Gasteiger partial charge in [0.15, 0.2) is 0 Å². The van der Waals surface area contributed by atoms with Gasteiger partial charge in [0.25, 0.3) is 0 Å². The van der Waals surface area contributed by atoms with Crippen LogP contribution in [0.15, 0.2) is 34.9 Å². The number of rotatable bonds is 6. The highest BCUT2D eigenvalue weighted by molar-refractivity contribution is 5.78. The van der Waals surface area contributed by atoms with Crippen molar-refractivity contribution in [1.29, 1.82) is 0 Å². The Morgan fingerprint density at radius 2 is 2.14 bits per heavy atom. The van der Waals surface area contributed by atoms with Crippen LogP contribution in [0, 0.1) is 11.7 Å². The molecule has 0 bridgehead atoms. The topological polar surface area (TPSA) is 81.2 Å². The lowest BCUT2D eigenvalue weighted by molar-refractivity contribution is -0.124. The lowest BCUT2D eigenvalue weighted by Gasteiger charge is -2.08. The molecule has 5 nitrogen and oxygen atoms in total. The fourth-order valence-electron chi connectivity index (χ4n) is 1.74. The van der Waals surface area contributed by atoms with E-state index < -0.39 is 0 Å². The quantitative estimate of drug-likeness (QED) is 0.849. The molecule has 0 aliphatic rings. The molecule has 0 aliphatic heterocycles. The van der Waals surface area contributed by atoms with Gasteiger partial charge in [-0.25, -0.2) is 9.37 Å². The fourth-order valence-corrected chi connectivity index (χ4v) is 1.74. The van der Waals surface area contributed by atoms with Gasteiger partial charge >= 0.3 is 0 Å². The maximum Gasteiger partial charge on any atom is 0.226 e. The van der Waals surface area contributed by atoms with Gasteiger partial charge in [-0.05, 0) is 24.3 Å². The molecule has 0 aliphatic carbocycles. The van der Waals surface area contributed by atoms with Gasteiger partial charge < -0.3 is 15.5 Å². The van der Waals surface area contributed by atoms with Crippen LogP contribution in [0.3, 0.4) is 0 Å². The van der Waals surface area contributed by atoms with Crippen LogP contribution in [0.1, 0.15) is 12.6 Å². The minimum Gasteiger partial charge on any atom is -0.444 e. The van der Waals surface area contributed by atoms with Crippen LogP contribution >= 0.6 is 0 Å². The molecule has 0 spiro atoms. The Kier molecular flexibility index (Phi) is 5.05. The van der Waals surface area contributed by atoms with Crippen molar-refractivity contribution in [2.24, 2.45) is 11.7 Å². The monoisotopic (exact) mass is 291 g/mol. The summed E-state index contributed by atoms with van der Waals surface area (Å²) in [6, 6.07) is 5.92. The number of nitrogens with zero attached hydrogens (tertiary/aromatic N) is 1. The Bertz CT molecular complexity index is 595. The van der Waals surface area contributed by atoms with Crippen LogP contribution in [0.4, 0.5) is 4.39 Å². The average molecular weight is 291 g/mol. The largest absolute Gasteiger partial charge is 0.444 e. The maximum atomic E-state index is 12.8. The fraction of sp³-hybridized carbons (Fsp3) is 0.333. The van der Waals surface area contributed by atoms with Crippen LogP contribution in [0.2, 0.25) is 0 Å². The summed E-state index contributed by atoms with van der Waals surface area (Å²) in [4.78, 5) is 15.9. The second kappa shape index (κ2) is 6.99. The van der Waals surface area contributed by atoms with E-state index >= 15 is 0 Å². The summed E-state index contributed by atoms with van der Waals surface area (Å²) in [7, 11) is 0. The van der Waals surface area contributed by atoms with Crippen molar-refractivity contribution in [3.63, 3.8) is 0 Å². The molecule has 1 amide bonds. The summed E-state index contributed by atoms with van der Waals surface area (Å²) >= 11 is 0. The van der Waals surface area contributed by atoms with Crippen LogP contribution in [0.25, 0.3) is 11.5 Å². The smallest absolute Gasteiger partial charge is 0.226 e. The Hall–Kier alpha value is -2.21. The average Bonchev–Trinajstić information content (AvgIpc) is 2.95. The molecule has 21 heavy (non-hydrogen) atoms. The zero-order valence-corrected chi connectivity index (χ0v) is 11.8. The molecule has 1 atom stereocenters. The first-order valence-electron chi connectivity index (χ1n) is 6.78. The Morgan fingerprint density at radius 1 is 1.43 bits per heavy atom. The molecule has 3 N–H and O–H groups in total. The number of nitrogens with one attached hydrogen (secondary N) is 1. The van der Waals surface area contributed by atoms with Crippen molar-refractivity contribution in [1.82, 2.24) is 10.3 Å². The lowest BCUT2D eigenvalue weighted by atomic mass is 10.1. The summed E-state index contributed by atoms with van der Waals surface area (Å²) in [5, 5.41) is 2.79. The number of carbonyl (C=O) groups excluding carboxylic acids is 1. The minimum absolute atomic E-state index is 0.0697. The second-order valence-electron chi connectivity index (χ2n) is 4.83. The van der Waals surface area contributed by atoms with Gasteiger partial charge in [-0.3, -0.25) is 4.79 Å². The number of benzene rings is 1.